The average molecular weight is 267 g/mol. The third-order valence-electron chi connectivity index (χ3n) is 3.89. The molecule has 1 N–H and O–H groups in total. The Bertz CT molecular complexity index is 415. The normalized spacial score (nSPS) is 22.9. The number of carbonyl (C=O) groups excluding carboxylic acids is 3. The van der Waals surface area contributed by atoms with Crippen molar-refractivity contribution in [1.29, 1.82) is 0 Å². The standard InChI is InChI=1S/C13H21N3O3/c1-4-15(9-5-6-9)7-8-16-11(18)13(2,3)10(17)14-12(16)19/h9H,4-8H2,1-3H3,(H,14,17,19). The summed E-state index contributed by atoms with van der Waals surface area (Å²) in [6.07, 6.45) is 2.38. The fraction of sp³-hybridized carbons (Fsp3) is 0.769. The molecule has 0 aromatic rings. The van der Waals surface area contributed by atoms with Crippen molar-refractivity contribution in [2.45, 2.75) is 39.7 Å². The van der Waals surface area contributed by atoms with E-state index in [9.17, 15) is 14.4 Å². The van der Waals surface area contributed by atoms with Crippen LogP contribution in [-0.2, 0) is 9.59 Å². The van der Waals surface area contributed by atoms with Crippen molar-refractivity contribution in [1.82, 2.24) is 15.1 Å². The molecule has 1 heterocycles. The summed E-state index contributed by atoms with van der Waals surface area (Å²) in [6, 6.07) is 0.00349. The number of hydrogen-bond acceptors (Lipinski definition) is 4. The molecule has 0 aromatic carbocycles. The van der Waals surface area contributed by atoms with Gasteiger partial charge in [-0.05, 0) is 33.2 Å². The quantitative estimate of drug-likeness (QED) is 0.740. The molecule has 1 aliphatic carbocycles. The molecule has 0 spiro atoms. The van der Waals surface area contributed by atoms with Crippen LogP contribution in [0.3, 0.4) is 0 Å². The Morgan fingerprint density at radius 1 is 1.32 bits per heavy atom. The highest BCUT2D eigenvalue weighted by atomic mass is 16.2. The maximum Gasteiger partial charge on any atom is 0.330 e. The lowest BCUT2D eigenvalue weighted by molar-refractivity contribution is -0.149. The van der Waals surface area contributed by atoms with Gasteiger partial charge in [-0.25, -0.2) is 4.79 Å². The minimum atomic E-state index is -1.16. The minimum absolute atomic E-state index is 0.339. The van der Waals surface area contributed by atoms with Crippen LogP contribution in [-0.4, -0.2) is 53.3 Å². The number of amides is 4. The Morgan fingerprint density at radius 2 is 1.95 bits per heavy atom. The van der Waals surface area contributed by atoms with E-state index in [4.69, 9.17) is 0 Å². The summed E-state index contributed by atoms with van der Waals surface area (Å²) in [4.78, 5) is 39.0. The molecule has 4 amide bonds. The highest BCUT2D eigenvalue weighted by Gasteiger charge is 2.46. The first-order valence-corrected chi connectivity index (χ1v) is 6.79. The van der Waals surface area contributed by atoms with Gasteiger partial charge < -0.3 is 0 Å². The van der Waals surface area contributed by atoms with Crippen molar-refractivity contribution in [3.05, 3.63) is 0 Å². The van der Waals surface area contributed by atoms with Gasteiger partial charge in [0.05, 0.1) is 0 Å². The third kappa shape index (κ3) is 2.63. The molecule has 1 aliphatic heterocycles. The van der Waals surface area contributed by atoms with Gasteiger partial charge in [0.25, 0.3) is 0 Å². The topological polar surface area (TPSA) is 69.7 Å². The summed E-state index contributed by atoms with van der Waals surface area (Å²) in [5.41, 5.74) is -1.16. The summed E-state index contributed by atoms with van der Waals surface area (Å²) < 4.78 is 0. The van der Waals surface area contributed by atoms with Crippen LogP contribution in [0.4, 0.5) is 4.79 Å². The van der Waals surface area contributed by atoms with Crippen molar-refractivity contribution in [3.8, 4) is 0 Å². The summed E-state index contributed by atoms with van der Waals surface area (Å²) in [5.74, 6) is -0.929. The van der Waals surface area contributed by atoms with E-state index in [2.05, 4.69) is 17.1 Å². The fourth-order valence-corrected chi connectivity index (χ4v) is 2.32. The molecule has 6 heteroatoms. The highest BCUT2D eigenvalue weighted by molar-refractivity contribution is 6.18. The van der Waals surface area contributed by atoms with Crippen molar-refractivity contribution >= 4 is 17.8 Å². The number of urea groups is 1. The third-order valence-corrected chi connectivity index (χ3v) is 3.89. The number of likely N-dealkylation sites (N-methyl/N-ethyl adjacent to an activating group) is 1. The van der Waals surface area contributed by atoms with Gasteiger partial charge in [0.1, 0.15) is 5.41 Å². The van der Waals surface area contributed by atoms with Gasteiger partial charge in [0.15, 0.2) is 0 Å². The first kappa shape index (κ1) is 14.0. The Morgan fingerprint density at radius 3 is 2.47 bits per heavy atom. The number of rotatable bonds is 5. The van der Waals surface area contributed by atoms with Crippen LogP contribution in [0, 0.1) is 5.41 Å². The molecule has 0 bridgehead atoms. The van der Waals surface area contributed by atoms with Gasteiger partial charge in [-0.3, -0.25) is 24.7 Å². The number of carbonyl (C=O) groups is 3. The van der Waals surface area contributed by atoms with Crippen molar-refractivity contribution in [3.63, 3.8) is 0 Å². The first-order chi connectivity index (χ1) is 8.87. The molecule has 106 valence electrons. The first-order valence-electron chi connectivity index (χ1n) is 6.79. The van der Waals surface area contributed by atoms with E-state index in [1.54, 1.807) is 13.8 Å². The second-order valence-electron chi connectivity index (χ2n) is 5.70. The lowest BCUT2D eigenvalue weighted by Crippen LogP contribution is -2.62. The molecule has 1 saturated heterocycles. The smallest absolute Gasteiger partial charge is 0.299 e. The van der Waals surface area contributed by atoms with Gasteiger partial charge in [-0.2, -0.15) is 0 Å². The van der Waals surface area contributed by atoms with Gasteiger partial charge >= 0.3 is 6.03 Å². The van der Waals surface area contributed by atoms with E-state index in [-0.39, 0.29) is 0 Å². The summed E-state index contributed by atoms with van der Waals surface area (Å²) in [6.45, 7) is 7.09. The van der Waals surface area contributed by atoms with Crippen LogP contribution in [0.25, 0.3) is 0 Å². The molecule has 6 nitrogen and oxygen atoms in total. The predicted octanol–water partition coefficient (Wildman–Crippen LogP) is 0.575. The fourth-order valence-electron chi connectivity index (χ4n) is 2.32. The molecule has 2 rings (SSSR count). The lowest BCUT2D eigenvalue weighted by atomic mass is 9.89. The van der Waals surface area contributed by atoms with E-state index < -0.39 is 23.3 Å². The van der Waals surface area contributed by atoms with E-state index in [0.717, 1.165) is 11.4 Å². The number of barbiturate groups is 1. The molecule has 0 unspecified atom stereocenters. The zero-order chi connectivity index (χ0) is 14.2. The number of nitrogens with one attached hydrogen (secondary N) is 1. The van der Waals surface area contributed by atoms with Gasteiger partial charge in [0.2, 0.25) is 11.8 Å². The average Bonchev–Trinajstić information content (AvgIpc) is 3.16. The summed E-state index contributed by atoms with van der Waals surface area (Å²) in [5, 5.41) is 2.25. The maximum absolute atomic E-state index is 12.2. The molecule has 19 heavy (non-hydrogen) atoms. The van der Waals surface area contributed by atoms with Gasteiger partial charge in [0, 0.05) is 19.1 Å². The van der Waals surface area contributed by atoms with Crippen LogP contribution < -0.4 is 5.32 Å². The van der Waals surface area contributed by atoms with E-state index >= 15 is 0 Å². The van der Waals surface area contributed by atoms with Gasteiger partial charge in [-0.15, -0.1) is 0 Å². The monoisotopic (exact) mass is 267 g/mol. The van der Waals surface area contributed by atoms with Crippen LogP contribution in [0.15, 0.2) is 0 Å². The second-order valence-corrected chi connectivity index (χ2v) is 5.70. The Kier molecular flexibility index (Phi) is 3.62. The molecule has 0 atom stereocenters. The largest absolute Gasteiger partial charge is 0.330 e. The zero-order valence-corrected chi connectivity index (χ0v) is 11.7. The molecular weight excluding hydrogens is 246 g/mol. The Labute approximate surface area is 113 Å². The molecule has 2 aliphatic rings. The number of nitrogens with zero attached hydrogens (tertiary/aromatic N) is 2. The van der Waals surface area contributed by atoms with E-state index in [1.807, 2.05) is 0 Å². The van der Waals surface area contributed by atoms with Crippen LogP contribution in [0.5, 0.6) is 0 Å². The lowest BCUT2D eigenvalue weighted by Gasteiger charge is -2.35. The maximum atomic E-state index is 12.2. The van der Waals surface area contributed by atoms with E-state index in [1.165, 1.54) is 12.8 Å². The SMILES string of the molecule is CCN(CCN1C(=O)NC(=O)C(C)(C)C1=O)C1CC1. The molecule has 2 fully saturated rings. The Hall–Kier alpha value is -1.43. The number of hydrogen-bond donors (Lipinski definition) is 1. The van der Waals surface area contributed by atoms with Crippen molar-refractivity contribution in [2.75, 3.05) is 19.6 Å². The van der Waals surface area contributed by atoms with Crippen LogP contribution >= 0.6 is 0 Å². The minimum Gasteiger partial charge on any atom is -0.299 e. The molecule has 0 radical (unpaired) electrons. The van der Waals surface area contributed by atoms with Crippen LogP contribution in [0.1, 0.15) is 33.6 Å². The Balaban J connectivity index is 2.00. The van der Waals surface area contributed by atoms with Gasteiger partial charge in [-0.1, -0.05) is 6.92 Å². The zero-order valence-electron chi connectivity index (χ0n) is 11.7. The predicted molar refractivity (Wildman–Crippen MR) is 69.3 cm³/mol. The molecule has 1 saturated carbocycles. The highest BCUT2D eigenvalue weighted by Crippen LogP contribution is 2.27. The molecule has 0 aromatic heterocycles. The number of imide groups is 2. The summed E-state index contributed by atoms with van der Waals surface area (Å²) >= 11 is 0. The van der Waals surface area contributed by atoms with Crippen molar-refractivity contribution in [2.24, 2.45) is 5.41 Å². The summed E-state index contributed by atoms with van der Waals surface area (Å²) in [7, 11) is 0. The van der Waals surface area contributed by atoms with Crippen molar-refractivity contribution < 1.29 is 14.4 Å². The van der Waals surface area contributed by atoms with E-state index in [0.29, 0.717) is 19.1 Å². The van der Waals surface area contributed by atoms with Crippen LogP contribution in [0.2, 0.25) is 0 Å². The molecular formula is C13H21N3O3. The second kappa shape index (κ2) is 4.92.